The van der Waals surface area contributed by atoms with E-state index in [1.807, 2.05) is 61.5 Å². The number of benzene rings is 2. The topological polar surface area (TPSA) is 86.3 Å². The number of methoxy groups -OCH3 is 1. The van der Waals surface area contributed by atoms with E-state index in [9.17, 15) is 9.59 Å². The molecule has 34 heavy (non-hydrogen) atoms. The van der Waals surface area contributed by atoms with Crippen molar-refractivity contribution in [2.24, 2.45) is 11.3 Å². The van der Waals surface area contributed by atoms with Crippen LogP contribution in [0.2, 0.25) is 0 Å². The number of rotatable bonds is 6. The number of hydrogen-bond acceptors (Lipinski definition) is 6. The zero-order chi connectivity index (χ0) is 23.5. The van der Waals surface area contributed by atoms with Crippen molar-refractivity contribution in [3.05, 3.63) is 65.7 Å². The number of hydrogen-bond donors (Lipinski definition) is 1. The van der Waals surface area contributed by atoms with Gasteiger partial charge in [-0.3, -0.25) is 9.59 Å². The monoisotopic (exact) mass is 462 g/mol. The number of likely N-dealkylation sites (tertiary alicyclic amines) is 1. The molecule has 4 aliphatic heterocycles. The average molecular weight is 463 g/mol. The molecule has 8 nitrogen and oxygen atoms in total. The molecule has 0 aliphatic carbocycles. The molecule has 2 fully saturated rings. The molecular weight excluding hydrogens is 436 g/mol. The van der Waals surface area contributed by atoms with Crippen LogP contribution in [0.25, 0.3) is 0 Å². The molecule has 0 saturated carbocycles. The molecule has 2 bridgehead atoms. The molecule has 6 rings (SSSR count). The first kappa shape index (κ1) is 21.0. The molecule has 176 valence electrons. The Morgan fingerprint density at radius 2 is 2.03 bits per heavy atom. The van der Waals surface area contributed by atoms with E-state index in [0.29, 0.717) is 36.9 Å². The van der Waals surface area contributed by atoms with Crippen LogP contribution in [-0.4, -0.2) is 48.9 Å². The summed E-state index contributed by atoms with van der Waals surface area (Å²) in [5.74, 6) is 1.22. The Balaban J connectivity index is 1.23. The van der Waals surface area contributed by atoms with Crippen molar-refractivity contribution in [2.45, 2.75) is 31.7 Å². The smallest absolute Gasteiger partial charge is 0.233 e. The molecule has 4 heterocycles. The number of para-hydroxylation sites is 1. The van der Waals surface area contributed by atoms with Crippen LogP contribution in [0.15, 0.2) is 54.6 Å². The molecular formula is C26H26N2O6. The van der Waals surface area contributed by atoms with Gasteiger partial charge in [-0.05, 0) is 30.7 Å². The summed E-state index contributed by atoms with van der Waals surface area (Å²) in [5.41, 5.74) is 0.0267. The number of fused-ring (bicyclic) bond motifs is 2. The fourth-order valence-electron chi connectivity index (χ4n) is 5.83. The van der Waals surface area contributed by atoms with Gasteiger partial charge in [-0.15, -0.1) is 0 Å². The Morgan fingerprint density at radius 3 is 2.88 bits per heavy atom. The van der Waals surface area contributed by atoms with Crippen LogP contribution in [0.3, 0.4) is 0 Å². The van der Waals surface area contributed by atoms with Gasteiger partial charge in [-0.25, -0.2) is 0 Å². The first-order valence-electron chi connectivity index (χ1n) is 11.4. The zero-order valence-corrected chi connectivity index (χ0v) is 19.1. The van der Waals surface area contributed by atoms with Gasteiger partial charge in [-0.2, -0.15) is 0 Å². The van der Waals surface area contributed by atoms with Crippen molar-refractivity contribution < 1.29 is 28.5 Å². The number of nitrogens with one attached hydrogen (secondary N) is 1. The minimum Gasteiger partial charge on any atom is -0.496 e. The quantitative estimate of drug-likeness (QED) is 0.664. The second kappa shape index (κ2) is 7.50. The van der Waals surface area contributed by atoms with Crippen molar-refractivity contribution in [1.29, 1.82) is 0 Å². The predicted octanol–water partition coefficient (Wildman–Crippen LogP) is 2.41. The summed E-state index contributed by atoms with van der Waals surface area (Å²) in [6.45, 7) is 3.19. The fourth-order valence-corrected chi connectivity index (χ4v) is 5.83. The van der Waals surface area contributed by atoms with Crippen LogP contribution in [0, 0.1) is 11.3 Å². The lowest BCUT2D eigenvalue weighted by atomic mass is 9.64. The lowest BCUT2D eigenvalue weighted by molar-refractivity contribution is -0.143. The van der Waals surface area contributed by atoms with Gasteiger partial charge in [0.15, 0.2) is 11.5 Å². The lowest BCUT2D eigenvalue weighted by Gasteiger charge is -2.34. The van der Waals surface area contributed by atoms with E-state index in [0.717, 1.165) is 11.1 Å². The number of carbonyl (C=O) groups excluding carboxylic acids is 2. The van der Waals surface area contributed by atoms with E-state index in [2.05, 4.69) is 5.32 Å². The average Bonchev–Trinajstić information content (AvgIpc) is 3.58. The Morgan fingerprint density at radius 1 is 1.21 bits per heavy atom. The Labute approximate surface area is 197 Å². The molecule has 2 saturated heterocycles. The second-order valence-corrected chi connectivity index (χ2v) is 9.39. The molecule has 4 atom stereocenters. The van der Waals surface area contributed by atoms with Crippen molar-refractivity contribution in [1.82, 2.24) is 10.2 Å². The van der Waals surface area contributed by atoms with E-state index in [-0.39, 0.29) is 18.6 Å². The third-order valence-electron chi connectivity index (χ3n) is 7.63. The molecule has 0 unspecified atom stereocenters. The van der Waals surface area contributed by atoms with Gasteiger partial charge >= 0.3 is 0 Å². The highest BCUT2D eigenvalue weighted by atomic mass is 16.7. The molecule has 2 amide bonds. The van der Waals surface area contributed by atoms with Crippen LogP contribution in [0.1, 0.15) is 18.1 Å². The lowest BCUT2D eigenvalue weighted by Crippen LogP contribution is -2.52. The van der Waals surface area contributed by atoms with Gasteiger partial charge in [0.2, 0.25) is 18.6 Å². The summed E-state index contributed by atoms with van der Waals surface area (Å²) >= 11 is 0. The third kappa shape index (κ3) is 2.88. The fraction of sp³-hybridized carbons (Fsp3) is 0.385. The van der Waals surface area contributed by atoms with Gasteiger partial charge < -0.3 is 29.2 Å². The Kier molecular flexibility index (Phi) is 4.64. The first-order chi connectivity index (χ1) is 16.4. The van der Waals surface area contributed by atoms with Crippen molar-refractivity contribution in [3.8, 4) is 17.2 Å². The first-order valence-corrected chi connectivity index (χ1v) is 11.4. The molecule has 0 aromatic heterocycles. The Hall–Kier alpha value is -3.52. The van der Waals surface area contributed by atoms with Gasteiger partial charge in [0.05, 0.1) is 31.1 Å². The molecule has 2 aromatic carbocycles. The summed E-state index contributed by atoms with van der Waals surface area (Å²) in [6, 6.07) is 13.2. The maximum Gasteiger partial charge on any atom is 0.233 e. The summed E-state index contributed by atoms with van der Waals surface area (Å²) in [7, 11) is 1.60. The maximum atomic E-state index is 13.8. The van der Waals surface area contributed by atoms with Crippen LogP contribution in [0.4, 0.5) is 0 Å². The minimum absolute atomic E-state index is 0.0746. The van der Waals surface area contributed by atoms with Gasteiger partial charge in [-0.1, -0.05) is 36.4 Å². The van der Waals surface area contributed by atoms with Crippen LogP contribution in [0.5, 0.6) is 17.2 Å². The van der Waals surface area contributed by atoms with Gasteiger partial charge in [0.25, 0.3) is 0 Å². The second-order valence-electron chi connectivity index (χ2n) is 9.39. The normalized spacial score (nSPS) is 30.1. The maximum absolute atomic E-state index is 13.8. The van der Waals surface area contributed by atoms with E-state index in [1.54, 1.807) is 12.0 Å². The molecule has 4 aliphatic rings. The van der Waals surface area contributed by atoms with E-state index in [1.165, 1.54) is 0 Å². The molecule has 1 N–H and O–H groups in total. The SMILES string of the molecule is COc1ccccc1CNC(=O)[C@H]1[C@H]2C=C[C@@]3(CN(Cc4ccc5c(c4)OCO5)C(=O)[C@]13C)O2. The zero-order valence-electron chi connectivity index (χ0n) is 19.1. The number of amides is 2. The summed E-state index contributed by atoms with van der Waals surface area (Å²) in [4.78, 5) is 29.0. The summed E-state index contributed by atoms with van der Waals surface area (Å²) in [5, 5.41) is 3.01. The molecule has 1 spiro atoms. The van der Waals surface area contributed by atoms with Crippen molar-refractivity contribution in [2.75, 3.05) is 20.4 Å². The van der Waals surface area contributed by atoms with E-state index in [4.69, 9.17) is 18.9 Å². The molecule has 2 aromatic rings. The van der Waals surface area contributed by atoms with Crippen LogP contribution in [-0.2, 0) is 27.4 Å². The minimum atomic E-state index is -0.979. The van der Waals surface area contributed by atoms with E-state index >= 15 is 0 Å². The molecule has 8 heteroatoms. The number of carbonyl (C=O) groups is 2. The van der Waals surface area contributed by atoms with Crippen LogP contribution >= 0.6 is 0 Å². The highest BCUT2D eigenvalue weighted by molar-refractivity contribution is 5.96. The summed E-state index contributed by atoms with van der Waals surface area (Å²) < 4.78 is 22.6. The predicted molar refractivity (Wildman–Crippen MR) is 121 cm³/mol. The van der Waals surface area contributed by atoms with Crippen molar-refractivity contribution >= 4 is 11.8 Å². The Bertz CT molecular complexity index is 1210. The van der Waals surface area contributed by atoms with Gasteiger partial charge in [0.1, 0.15) is 11.4 Å². The van der Waals surface area contributed by atoms with Crippen LogP contribution < -0.4 is 19.5 Å². The largest absolute Gasteiger partial charge is 0.496 e. The number of ether oxygens (including phenoxy) is 4. The van der Waals surface area contributed by atoms with Gasteiger partial charge in [0, 0.05) is 18.7 Å². The highest BCUT2D eigenvalue weighted by Gasteiger charge is 2.74. The molecule has 0 radical (unpaired) electrons. The standard InChI is InChI=1S/C26H26N2O6/c1-25-22(23(29)27-12-17-5-3-4-6-18(17)31-2)20-9-10-26(25,34-20)14-28(24(25)30)13-16-7-8-19-21(11-16)33-15-32-19/h3-11,20,22H,12-15H2,1-2H3,(H,27,29)/t20-,22-,25+,26+/m1/s1. The highest BCUT2D eigenvalue weighted by Crippen LogP contribution is 2.60. The van der Waals surface area contributed by atoms with E-state index < -0.39 is 23.0 Å². The van der Waals surface area contributed by atoms with Crippen molar-refractivity contribution in [3.63, 3.8) is 0 Å². The summed E-state index contributed by atoms with van der Waals surface area (Å²) in [6.07, 6.45) is 3.48. The number of nitrogens with zero attached hydrogens (tertiary/aromatic N) is 1. The third-order valence-corrected chi connectivity index (χ3v) is 7.63.